The monoisotopic (exact) mass is 258 g/mol. The molecule has 0 saturated heterocycles. The van der Waals surface area contributed by atoms with E-state index in [2.05, 4.69) is 18.2 Å². The van der Waals surface area contributed by atoms with Crippen LogP contribution in [0.1, 0.15) is 37.7 Å². The van der Waals surface area contributed by atoms with Gasteiger partial charge >= 0.3 is 0 Å². The first kappa shape index (κ1) is 12.7. The molecule has 1 amide bonds. The molecule has 3 nitrogen and oxygen atoms in total. The Hall–Kier alpha value is -1.35. The highest BCUT2D eigenvalue weighted by molar-refractivity contribution is 5.96. The van der Waals surface area contributed by atoms with E-state index < -0.39 is 0 Å². The number of para-hydroxylation sites is 1. The molecule has 1 aliphatic heterocycles. The molecule has 1 saturated carbocycles. The molecular weight excluding hydrogens is 236 g/mol. The largest absolute Gasteiger partial charge is 0.328 e. The van der Waals surface area contributed by atoms with Crippen molar-refractivity contribution in [3.8, 4) is 0 Å². The first-order valence-corrected chi connectivity index (χ1v) is 7.40. The zero-order chi connectivity index (χ0) is 13.2. The summed E-state index contributed by atoms with van der Waals surface area (Å²) in [5, 5.41) is 0. The number of aryl methyl sites for hydroxylation is 1. The van der Waals surface area contributed by atoms with Crippen LogP contribution < -0.4 is 10.6 Å². The molecule has 0 unspecified atom stereocenters. The molecule has 1 aromatic rings. The van der Waals surface area contributed by atoms with E-state index in [1.165, 1.54) is 5.56 Å². The van der Waals surface area contributed by atoms with Crippen LogP contribution in [0.2, 0.25) is 0 Å². The van der Waals surface area contributed by atoms with Gasteiger partial charge in [-0.25, -0.2) is 0 Å². The zero-order valence-electron chi connectivity index (χ0n) is 11.3. The number of nitrogens with two attached hydrogens (primary N) is 1. The van der Waals surface area contributed by atoms with E-state index in [0.29, 0.717) is 11.9 Å². The third-order valence-electron chi connectivity index (χ3n) is 4.50. The van der Waals surface area contributed by atoms with Gasteiger partial charge in [0.2, 0.25) is 5.91 Å². The average Bonchev–Trinajstić information content (AvgIpc) is 2.47. The van der Waals surface area contributed by atoms with Crippen molar-refractivity contribution >= 4 is 11.6 Å². The lowest BCUT2D eigenvalue weighted by molar-refractivity contribution is -0.123. The summed E-state index contributed by atoms with van der Waals surface area (Å²) in [5.74, 6) is 0.505. The molecule has 0 bridgehead atoms. The van der Waals surface area contributed by atoms with Crippen molar-refractivity contribution in [1.82, 2.24) is 0 Å². The minimum Gasteiger partial charge on any atom is -0.328 e. The molecular formula is C16H22N2O. The van der Waals surface area contributed by atoms with Gasteiger partial charge in [0.05, 0.1) is 0 Å². The summed E-state index contributed by atoms with van der Waals surface area (Å²) in [5.41, 5.74) is 8.37. The van der Waals surface area contributed by atoms with Crippen molar-refractivity contribution in [3.63, 3.8) is 0 Å². The molecule has 1 fully saturated rings. The fourth-order valence-electron chi connectivity index (χ4n) is 3.35. The van der Waals surface area contributed by atoms with Crippen molar-refractivity contribution in [3.05, 3.63) is 29.8 Å². The molecule has 3 rings (SSSR count). The Kier molecular flexibility index (Phi) is 3.56. The molecule has 0 spiro atoms. The molecule has 19 heavy (non-hydrogen) atoms. The number of hydrogen-bond donors (Lipinski definition) is 1. The second kappa shape index (κ2) is 5.33. The number of rotatable bonds is 1. The first-order chi connectivity index (χ1) is 9.25. The standard InChI is InChI=1S/C16H22N2O/c17-14-9-7-13(8-10-14)16(19)18-11-3-5-12-4-1-2-6-15(12)18/h1-2,4,6,13-14H,3,5,7-11,17H2. The fourth-order valence-corrected chi connectivity index (χ4v) is 3.35. The third-order valence-corrected chi connectivity index (χ3v) is 4.50. The molecule has 0 aromatic heterocycles. The van der Waals surface area contributed by atoms with Crippen LogP contribution in [0.4, 0.5) is 5.69 Å². The van der Waals surface area contributed by atoms with Gasteiger partial charge in [0, 0.05) is 24.2 Å². The summed E-state index contributed by atoms with van der Waals surface area (Å²) < 4.78 is 0. The highest BCUT2D eigenvalue weighted by atomic mass is 16.2. The molecule has 1 heterocycles. The molecule has 102 valence electrons. The summed E-state index contributed by atoms with van der Waals surface area (Å²) in [7, 11) is 0. The van der Waals surface area contributed by atoms with E-state index in [0.717, 1.165) is 50.8 Å². The maximum absolute atomic E-state index is 12.7. The molecule has 0 atom stereocenters. The van der Waals surface area contributed by atoms with Crippen LogP contribution in [0, 0.1) is 5.92 Å². The lowest BCUT2D eigenvalue weighted by Crippen LogP contribution is -2.42. The Labute approximate surface area is 114 Å². The second-order valence-corrected chi connectivity index (χ2v) is 5.83. The van der Waals surface area contributed by atoms with Crippen molar-refractivity contribution in [2.24, 2.45) is 11.7 Å². The zero-order valence-corrected chi connectivity index (χ0v) is 11.3. The highest BCUT2D eigenvalue weighted by Gasteiger charge is 2.30. The predicted octanol–water partition coefficient (Wildman–Crippen LogP) is 2.48. The van der Waals surface area contributed by atoms with Gasteiger partial charge in [-0.2, -0.15) is 0 Å². The number of amides is 1. The van der Waals surface area contributed by atoms with Crippen LogP contribution in [0.25, 0.3) is 0 Å². The molecule has 1 aromatic carbocycles. The summed E-state index contributed by atoms with van der Waals surface area (Å²) in [6.07, 6.45) is 6.07. The highest BCUT2D eigenvalue weighted by Crippen LogP contribution is 2.31. The van der Waals surface area contributed by atoms with Gasteiger partial charge in [0.25, 0.3) is 0 Å². The lowest BCUT2D eigenvalue weighted by atomic mass is 9.85. The van der Waals surface area contributed by atoms with Gasteiger partial charge in [-0.1, -0.05) is 18.2 Å². The normalized spacial score (nSPS) is 26.9. The maximum Gasteiger partial charge on any atom is 0.230 e. The SMILES string of the molecule is NC1CCC(C(=O)N2CCCc3ccccc32)CC1. The Morgan fingerprint density at radius 2 is 1.89 bits per heavy atom. The number of carbonyl (C=O) groups is 1. The maximum atomic E-state index is 12.7. The summed E-state index contributed by atoms with van der Waals surface area (Å²) in [4.78, 5) is 14.7. The van der Waals surface area contributed by atoms with E-state index in [1.54, 1.807) is 0 Å². The first-order valence-electron chi connectivity index (χ1n) is 7.40. The Balaban J connectivity index is 1.78. The van der Waals surface area contributed by atoms with Gasteiger partial charge in [-0.15, -0.1) is 0 Å². The molecule has 3 heteroatoms. The van der Waals surface area contributed by atoms with E-state index in [1.807, 2.05) is 11.0 Å². The lowest BCUT2D eigenvalue weighted by Gasteiger charge is -2.34. The Morgan fingerprint density at radius 3 is 2.68 bits per heavy atom. The molecule has 2 aliphatic rings. The number of nitrogens with zero attached hydrogens (tertiary/aromatic N) is 1. The number of anilines is 1. The summed E-state index contributed by atoms with van der Waals surface area (Å²) >= 11 is 0. The number of hydrogen-bond acceptors (Lipinski definition) is 2. The van der Waals surface area contributed by atoms with E-state index in [9.17, 15) is 4.79 Å². The van der Waals surface area contributed by atoms with Crippen molar-refractivity contribution in [2.45, 2.75) is 44.6 Å². The smallest absolute Gasteiger partial charge is 0.230 e. The van der Waals surface area contributed by atoms with Crippen molar-refractivity contribution in [1.29, 1.82) is 0 Å². The summed E-state index contributed by atoms with van der Waals surface area (Å²) in [6.45, 7) is 0.873. The minimum absolute atomic E-state index is 0.186. The van der Waals surface area contributed by atoms with Gasteiger partial charge in [0.15, 0.2) is 0 Å². The van der Waals surface area contributed by atoms with Crippen LogP contribution in [0.15, 0.2) is 24.3 Å². The number of fused-ring (bicyclic) bond motifs is 1. The van der Waals surface area contributed by atoms with Gasteiger partial charge in [-0.05, 0) is 50.2 Å². The van der Waals surface area contributed by atoms with Crippen molar-refractivity contribution in [2.75, 3.05) is 11.4 Å². The van der Waals surface area contributed by atoms with Gasteiger partial charge < -0.3 is 10.6 Å². The molecule has 1 aliphatic carbocycles. The van der Waals surface area contributed by atoms with Crippen molar-refractivity contribution < 1.29 is 4.79 Å². The minimum atomic E-state index is 0.186. The third kappa shape index (κ3) is 2.52. The second-order valence-electron chi connectivity index (χ2n) is 5.83. The molecule has 0 radical (unpaired) electrons. The van der Waals surface area contributed by atoms with Gasteiger partial charge in [-0.3, -0.25) is 4.79 Å². The van der Waals surface area contributed by atoms with Crippen LogP contribution in [0.5, 0.6) is 0 Å². The van der Waals surface area contributed by atoms with E-state index in [4.69, 9.17) is 5.73 Å². The van der Waals surface area contributed by atoms with Crippen LogP contribution in [-0.2, 0) is 11.2 Å². The van der Waals surface area contributed by atoms with Crippen LogP contribution >= 0.6 is 0 Å². The molecule has 2 N–H and O–H groups in total. The van der Waals surface area contributed by atoms with Gasteiger partial charge in [0.1, 0.15) is 0 Å². The quantitative estimate of drug-likeness (QED) is 0.841. The van der Waals surface area contributed by atoms with Crippen LogP contribution in [0.3, 0.4) is 0 Å². The predicted molar refractivity (Wildman–Crippen MR) is 77.0 cm³/mol. The Morgan fingerprint density at radius 1 is 1.16 bits per heavy atom. The van der Waals surface area contributed by atoms with E-state index in [-0.39, 0.29) is 5.92 Å². The average molecular weight is 258 g/mol. The fraction of sp³-hybridized carbons (Fsp3) is 0.562. The topological polar surface area (TPSA) is 46.3 Å². The van der Waals surface area contributed by atoms with Crippen LogP contribution in [-0.4, -0.2) is 18.5 Å². The van der Waals surface area contributed by atoms with E-state index >= 15 is 0 Å². The number of benzene rings is 1. The summed E-state index contributed by atoms with van der Waals surface area (Å²) in [6, 6.07) is 8.62. The number of carbonyl (C=O) groups excluding carboxylic acids is 1. The Bertz CT molecular complexity index is 464.